The second-order valence-corrected chi connectivity index (χ2v) is 10.0. The average molecular weight is 459 g/mol. The molecule has 10 heteroatoms. The van der Waals surface area contributed by atoms with Crippen molar-refractivity contribution in [3.8, 4) is 0 Å². The van der Waals surface area contributed by atoms with Gasteiger partial charge in [-0.05, 0) is 36.2 Å². The van der Waals surface area contributed by atoms with E-state index in [1.54, 1.807) is 23.6 Å². The topological polar surface area (TPSA) is 101 Å². The lowest BCUT2D eigenvalue weighted by Crippen LogP contribution is -2.15. The minimum atomic E-state index is -3.71. The summed E-state index contributed by atoms with van der Waals surface area (Å²) in [5, 5.41) is 5.20. The highest BCUT2D eigenvalue weighted by Gasteiger charge is 2.17. The molecule has 0 bridgehead atoms. The molecule has 0 aliphatic carbocycles. The molecule has 0 spiro atoms. The number of hydrogen-bond acceptors (Lipinski definition) is 7. The molecule has 0 aliphatic rings. The van der Waals surface area contributed by atoms with Crippen LogP contribution in [0.15, 0.2) is 58.8 Å². The number of nitrogens with one attached hydrogen (secondary N) is 2. The Kier molecular flexibility index (Phi) is 5.80. The largest absolute Gasteiger partial charge is 0.302 e. The first-order chi connectivity index (χ1) is 14.4. The summed E-state index contributed by atoms with van der Waals surface area (Å²) in [7, 11) is -3.71. The zero-order valence-electron chi connectivity index (χ0n) is 16.0. The fourth-order valence-corrected chi connectivity index (χ4v) is 5.71. The second-order valence-electron chi connectivity index (χ2n) is 6.46. The van der Waals surface area contributed by atoms with Gasteiger partial charge in [-0.2, -0.15) is 0 Å². The van der Waals surface area contributed by atoms with Gasteiger partial charge in [-0.25, -0.2) is 18.4 Å². The van der Waals surface area contributed by atoms with E-state index in [2.05, 4.69) is 33.0 Å². The zero-order chi connectivity index (χ0) is 21.1. The number of nitrogens with zero attached hydrogens (tertiary/aromatic N) is 2. The lowest BCUT2D eigenvalue weighted by molar-refractivity contribution is -0.115. The van der Waals surface area contributed by atoms with Crippen LogP contribution in [0.4, 0.5) is 10.3 Å². The molecular formula is C20H18N4O3S3. The molecule has 2 heterocycles. The van der Waals surface area contributed by atoms with Crippen LogP contribution in [0.2, 0.25) is 0 Å². The molecule has 1 amide bonds. The third kappa shape index (κ3) is 4.66. The Morgan fingerprint density at radius 3 is 2.63 bits per heavy atom. The highest BCUT2D eigenvalue weighted by atomic mass is 32.2. The summed E-state index contributed by atoms with van der Waals surface area (Å²) in [6, 6.07) is 14.1. The predicted octanol–water partition coefficient (Wildman–Crippen LogP) is 4.30. The average Bonchev–Trinajstić information content (AvgIpc) is 3.33. The molecule has 0 saturated heterocycles. The van der Waals surface area contributed by atoms with E-state index in [9.17, 15) is 13.2 Å². The van der Waals surface area contributed by atoms with Crippen molar-refractivity contribution in [2.24, 2.45) is 0 Å². The van der Waals surface area contributed by atoms with Crippen LogP contribution in [0.3, 0.4) is 0 Å². The van der Waals surface area contributed by atoms with Crippen LogP contribution in [0, 0.1) is 0 Å². The van der Waals surface area contributed by atoms with Crippen LogP contribution in [-0.4, -0.2) is 24.3 Å². The zero-order valence-corrected chi connectivity index (χ0v) is 18.4. The molecule has 2 N–H and O–H groups in total. The van der Waals surface area contributed by atoms with E-state index < -0.39 is 10.0 Å². The number of fused-ring (bicyclic) bond motifs is 1. The van der Waals surface area contributed by atoms with E-state index >= 15 is 0 Å². The monoisotopic (exact) mass is 458 g/mol. The van der Waals surface area contributed by atoms with Crippen LogP contribution in [0.25, 0.3) is 10.2 Å². The molecule has 0 saturated carbocycles. The first-order valence-electron chi connectivity index (χ1n) is 9.14. The summed E-state index contributed by atoms with van der Waals surface area (Å²) in [6.45, 7) is 2.09. The summed E-state index contributed by atoms with van der Waals surface area (Å²) >= 11 is 2.56. The van der Waals surface area contributed by atoms with Crippen molar-refractivity contribution in [2.45, 2.75) is 24.7 Å². The van der Waals surface area contributed by atoms with Gasteiger partial charge < -0.3 is 5.32 Å². The van der Waals surface area contributed by atoms with Gasteiger partial charge in [0, 0.05) is 5.38 Å². The van der Waals surface area contributed by atoms with Crippen molar-refractivity contribution < 1.29 is 13.2 Å². The van der Waals surface area contributed by atoms with Gasteiger partial charge in [0.2, 0.25) is 5.91 Å². The van der Waals surface area contributed by atoms with E-state index in [4.69, 9.17) is 0 Å². The molecule has 154 valence electrons. The summed E-state index contributed by atoms with van der Waals surface area (Å²) < 4.78 is 28.2. The smallest absolute Gasteiger partial charge is 0.263 e. The van der Waals surface area contributed by atoms with Gasteiger partial charge >= 0.3 is 0 Å². The SMILES string of the molecule is CCc1ccc2nc(NC(=O)Cc3csc(NS(=O)(=O)c4ccccc4)n3)sc2c1. The molecule has 30 heavy (non-hydrogen) atoms. The summed E-state index contributed by atoms with van der Waals surface area (Å²) in [4.78, 5) is 21.2. The Balaban J connectivity index is 1.40. The Morgan fingerprint density at radius 1 is 1.07 bits per heavy atom. The van der Waals surface area contributed by atoms with Gasteiger partial charge in [-0.3, -0.25) is 9.52 Å². The molecule has 0 radical (unpaired) electrons. The number of rotatable bonds is 7. The molecule has 0 aliphatic heterocycles. The van der Waals surface area contributed by atoms with Gasteiger partial charge in [0.15, 0.2) is 10.3 Å². The van der Waals surface area contributed by atoms with Crippen LogP contribution in [0.5, 0.6) is 0 Å². The number of aryl methyl sites for hydroxylation is 1. The number of aromatic nitrogens is 2. The molecule has 2 aromatic heterocycles. The van der Waals surface area contributed by atoms with E-state index in [0.717, 1.165) is 28.0 Å². The third-order valence-electron chi connectivity index (χ3n) is 4.28. The fourth-order valence-electron chi connectivity index (χ4n) is 2.78. The fraction of sp³-hybridized carbons (Fsp3) is 0.150. The number of benzene rings is 2. The van der Waals surface area contributed by atoms with Crippen molar-refractivity contribution in [2.75, 3.05) is 10.0 Å². The molecule has 4 aromatic rings. The number of carbonyl (C=O) groups excluding carboxylic acids is 1. The van der Waals surface area contributed by atoms with E-state index in [0.29, 0.717) is 10.8 Å². The highest BCUT2D eigenvalue weighted by Crippen LogP contribution is 2.27. The lowest BCUT2D eigenvalue weighted by atomic mass is 10.2. The molecule has 2 aromatic carbocycles. The van der Waals surface area contributed by atoms with E-state index in [1.807, 2.05) is 12.1 Å². The summed E-state index contributed by atoms with van der Waals surface area (Å²) in [5.74, 6) is -0.257. The number of carbonyl (C=O) groups is 1. The summed E-state index contributed by atoms with van der Waals surface area (Å²) in [6.07, 6.45) is 0.968. The maximum atomic E-state index is 12.4. The minimum absolute atomic E-state index is 0.0275. The number of amides is 1. The molecule has 7 nitrogen and oxygen atoms in total. The van der Waals surface area contributed by atoms with Crippen LogP contribution >= 0.6 is 22.7 Å². The Morgan fingerprint density at radius 2 is 1.87 bits per heavy atom. The van der Waals surface area contributed by atoms with Crippen molar-refractivity contribution in [1.82, 2.24) is 9.97 Å². The Hall–Kier alpha value is -2.82. The van der Waals surface area contributed by atoms with Gasteiger partial charge in [0.1, 0.15) is 0 Å². The number of anilines is 2. The molecular weight excluding hydrogens is 440 g/mol. The van der Waals surface area contributed by atoms with Gasteiger partial charge in [0.05, 0.1) is 27.2 Å². The molecule has 0 fully saturated rings. The Labute approximate surface area is 181 Å². The number of thiazole rings is 2. The van der Waals surface area contributed by atoms with Gasteiger partial charge in [-0.15, -0.1) is 11.3 Å². The van der Waals surface area contributed by atoms with Crippen LogP contribution in [-0.2, 0) is 27.7 Å². The first kappa shape index (κ1) is 20.5. The normalized spacial score (nSPS) is 11.5. The maximum absolute atomic E-state index is 12.4. The molecule has 0 unspecified atom stereocenters. The third-order valence-corrected chi connectivity index (χ3v) is 7.50. The van der Waals surface area contributed by atoms with Crippen LogP contribution < -0.4 is 10.0 Å². The van der Waals surface area contributed by atoms with Crippen molar-refractivity contribution in [3.63, 3.8) is 0 Å². The molecule has 4 rings (SSSR count). The number of hydrogen-bond donors (Lipinski definition) is 2. The standard InChI is InChI=1S/C20H18N4O3S3/c1-2-13-8-9-16-17(10-13)29-19(22-16)23-18(25)11-14-12-28-20(21-14)24-30(26,27)15-6-4-3-5-7-15/h3-10,12H,2,11H2,1H3,(H,21,24)(H,22,23,25). The quantitative estimate of drug-likeness (QED) is 0.430. The van der Waals surface area contributed by atoms with Crippen molar-refractivity contribution in [1.29, 1.82) is 0 Å². The highest BCUT2D eigenvalue weighted by molar-refractivity contribution is 7.93. The minimum Gasteiger partial charge on any atom is -0.302 e. The summed E-state index contributed by atoms with van der Waals surface area (Å²) in [5.41, 5.74) is 2.55. The first-order valence-corrected chi connectivity index (χ1v) is 12.3. The van der Waals surface area contributed by atoms with E-state index in [1.165, 1.54) is 29.0 Å². The van der Waals surface area contributed by atoms with Crippen molar-refractivity contribution >= 4 is 59.1 Å². The Bertz CT molecular complexity index is 1300. The van der Waals surface area contributed by atoms with Gasteiger partial charge in [-0.1, -0.05) is 42.5 Å². The number of sulfonamides is 1. The lowest BCUT2D eigenvalue weighted by Gasteiger charge is -2.04. The predicted molar refractivity (Wildman–Crippen MR) is 121 cm³/mol. The van der Waals surface area contributed by atoms with Crippen molar-refractivity contribution in [3.05, 3.63) is 65.2 Å². The van der Waals surface area contributed by atoms with E-state index in [-0.39, 0.29) is 22.4 Å². The molecule has 0 atom stereocenters. The van der Waals surface area contributed by atoms with Gasteiger partial charge in [0.25, 0.3) is 10.0 Å². The van der Waals surface area contributed by atoms with Crippen LogP contribution in [0.1, 0.15) is 18.2 Å². The maximum Gasteiger partial charge on any atom is 0.263 e. The second kappa shape index (κ2) is 8.50.